The van der Waals surface area contributed by atoms with Gasteiger partial charge in [0, 0.05) is 11.3 Å². The normalized spacial score (nSPS) is 10.3. The zero-order valence-electron chi connectivity index (χ0n) is 10.6. The molecule has 0 bridgehead atoms. The van der Waals surface area contributed by atoms with Gasteiger partial charge in [0.15, 0.2) is 0 Å². The summed E-state index contributed by atoms with van der Waals surface area (Å²) in [5, 5.41) is 2.78. The van der Waals surface area contributed by atoms with E-state index in [1.54, 1.807) is 25.1 Å². The first-order valence-corrected chi connectivity index (χ1v) is 6.60. The van der Waals surface area contributed by atoms with Crippen molar-refractivity contribution in [2.75, 3.05) is 5.32 Å². The van der Waals surface area contributed by atoms with Gasteiger partial charge in [-0.1, -0.05) is 17.7 Å². The molecule has 2 aromatic carbocycles. The van der Waals surface area contributed by atoms with Crippen molar-refractivity contribution in [2.24, 2.45) is 0 Å². The molecule has 0 fully saturated rings. The van der Waals surface area contributed by atoms with Crippen molar-refractivity contribution < 1.29 is 9.18 Å². The van der Waals surface area contributed by atoms with Crippen LogP contribution in [0.15, 0.2) is 40.9 Å². The van der Waals surface area contributed by atoms with Crippen LogP contribution < -0.4 is 5.32 Å². The van der Waals surface area contributed by atoms with Crippen molar-refractivity contribution in [1.29, 1.82) is 0 Å². The van der Waals surface area contributed by atoms with Gasteiger partial charge in [-0.05, 0) is 59.6 Å². The van der Waals surface area contributed by atoms with E-state index in [9.17, 15) is 9.18 Å². The molecule has 0 saturated heterocycles. The van der Waals surface area contributed by atoms with Crippen molar-refractivity contribution in [3.63, 3.8) is 0 Å². The number of benzene rings is 2. The molecule has 0 radical (unpaired) electrons. The lowest BCUT2D eigenvalue weighted by molar-refractivity contribution is 0.102. The maximum Gasteiger partial charge on any atom is 0.255 e. The molecule has 0 unspecified atom stereocenters. The molecular formula is C15H13BrFNO. The van der Waals surface area contributed by atoms with Crippen LogP contribution in [0.25, 0.3) is 0 Å². The summed E-state index contributed by atoms with van der Waals surface area (Å²) in [7, 11) is 0. The van der Waals surface area contributed by atoms with Gasteiger partial charge >= 0.3 is 0 Å². The Hall–Kier alpha value is -1.68. The highest BCUT2D eigenvalue weighted by Gasteiger charge is 2.10. The lowest BCUT2D eigenvalue weighted by atomic mass is 10.1. The van der Waals surface area contributed by atoms with Gasteiger partial charge in [-0.3, -0.25) is 4.79 Å². The molecule has 1 amide bonds. The van der Waals surface area contributed by atoms with Crippen molar-refractivity contribution >= 4 is 27.5 Å². The number of carbonyl (C=O) groups is 1. The lowest BCUT2D eigenvalue weighted by Crippen LogP contribution is -2.12. The van der Waals surface area contributed by atoms with E-state index in [2.05, 4.69) is 21.2 Å². The van der Waals surface area contributed by atoms with Crippen LogP contribution in [0, 0.1) is 19.7 Å². The first kappa shape index (κ1) is 13.7. The summed E-state index contributed by atoms with van der Waals surface area (Å²) in [5.74, 6) is -0.549. The number of halogens is 2. The highest BCUT2D eigenvalue weighted by molar-refractivity contribution is 9.10. The maximum atomic E-state index is 13.3. The van der Waals surface area contributed by atoms with E-state index in [-0.39, 0.29) is 11.7 Å². The molecular weight excluding hydrogens is 309 g/mol. The molecule has 4 heteroatoms. The standard InChI is InChI=1S/C15H13BrFNO/c1-9-3-5-11(6-4-9)15(19)18-14-8-12(16)13(17)7-10(14)2/h3-8H,1-2H3,(H,18,19). The SMILES string of the molecule is Cc1ccc(C(=O)Nc2cc(Br)c(F)cc2C)cc1. The second kappa shape index (κ2) is 5.53. The quantitative estimate of drug-likeness (QED) is 0.869. The van der Waals surface area contributed by atoms with Gasteiger partial charge in [0.1, 0.15) is 5.82 Å². The lowest BCUT2D eigenvalue weighted by Gasteiger charge is -2.09. The monoisotopic (exact) mass is 321 g/mol. The third-order valence-corrected chi connectivity index (χ3v) is 3.44. The van der Waals surface area contributed by atoms with E-state index in [0.29, 0.717) is 21.3 Å². The van der Waals surface area contributed by atoms with Gasteiger partial charge in [-0.2, -0.15) is 0 Å². The van der Waals surface area contributed by atoms with Crippen LogP contribution in [0.2, 0.25) is 0 Å². The number of aryl methyl sites for hydroxylation is 2. The molecule has 0 aliphatic rings. The Bertz CT molecular complexity index is 623. The average Bonchev–Trinajstić information content (AvgIpc) is 2.36. The number of hydrogen-bond donors (Lipinski definition) is 1. The molecule has 2 rings (SSSR count). The Labute approximate surface area is 119 Å². The zero-order chi connectivity index (χ0) is 14.0. The van der Waals surface area contributed by atoms with Crippen molar-refractivity contribution in [1.82, 2.24) is 0 Å². The molecule has 1 N–H and O–H groups in total. The van der Waals surface area contributed by atoms with Crippen LogP contribution in [0.3, 0.4) is 0 Å². The Morgan fingerprint density at radius 3 is 2.42 bits per heavy atom. The first-order chi connectivity index (χ1) is 8.97. The Morgan fingerprint density at radius 1 is 1.16 bits per heavy atom. The van der Waals surface area contributed by atoms with E-state index in [1.807, 2.05) is 19.1 Å². The number of carbonyl (C=O) groups excluding carboxylic acids is 1. The summed E-state index contributed by atoms with van der Waals surface area (Å²) in [6, 6.07) is 10.2. The fourth-order valence-corrected chi connectivity index (χ4v) is 2.02. The summed E-state index contributed by atoms with van der Waals surface area (Å²) >= 11 is 3.11. The van der Waals surface area contributed by atoms with E-state index in [4.69, 9.17) is 0 Å². The minimum Gasteiger partial charge on any atom is -0.322 e. The second-order valence-corrected chi connectivity index (χ2v) is 5.26. The average molecular weight is 322 g/mol. The molecule has 0 spiro atoms. The van der Waals surface area contributed by atoms with Crippen LogP contribution in [-0.2, 0) is 0 Å². The number of amides is 1. The fraction of sp³-hybridized carbons (Fsp3) is 0.133. The molecule has 0 heterocycles. The minimum atomic E-state index is -0.342. The summed E-state index contributed by atoms with van der Waals surface area (Å²) < 4.78 is 13.6. The van der Waals surface area contributed by atoms with Crippen LogP contribution >= 0.6 is 15.9 Å². The van der Waals surface area contributed by atoms with Crippen molar-refractivity contribution in [3.8, 4) is 0 Å². The van der Waals surface area contributed by atoms with Crippen molar-refractivity contribution in [2.45, 2.75) is 13.8 Å². The Balaban J connectivity index is 2.24. The van der Waals surface area contributed by atoms with E-state index >= 15 is 0 Å². The topological polar surface area (TPSA) is 29.1 Å². The third-order valence-electron chi connectivity index (χ3n) is 2.83. The van der Waals surface area contributed by atoms with Gasteiger partial charge in [0.25, 0.3) is 5.91 Å². The minimum absolute atomic E-state index is 0.207. The molecule has 0 aliphatic carbocycles. The summed E-state index contributed by atoms with van der Waals surface area (Å²) in [6.07, 6.45) is 0. The summed E-state index contributed by atoms with van der Waals surface area (Å²) in [5.41, 5.74) is 2.95. The smallest absolute Gasteiger partial charge is 0.255 e. The Kier molecular flexibility index (Phi) is 4.00. The number of anilines is 1. The van der Waals surface area contributed by atoms with Crippen LogP contribution in [0.1, 0.15) is 21.5 Å². The van der Waals surface area contributed by atoms with Crippen molar-refractivity contribution in [3.05, 3.63) is 63.4 Å². The van der Waals surface area contributed by atoms with Gasteiger partial charge in [0.2, 0.25) is 0 Å². The van der Waals surface area contributed by atoms with E-state index in [0.717, 1.165) is 5.56 Å². The Morgan fingerprint density at radius 2 is 1.79 bits per heavy atom. The molecule has 0 atom stereocenters. The zero-order valence-corrected chi connectivity index (χ0v) is 12.2. The number of hydrogen-bond acceptors (Lipinski definition) is 1. The molecule has 2 nitrogen and oxygen atoms in total. The van der Waals surface area contributed by atoms with Crippen LogP contribution in [0.4, 0.5) is 10.1 Å². The van der Waals surface area contributed by atoms with Gasteiger partial charge in [-0.15, -0.1) is 0 Å². The number of nitrogens with one attached hydrogen (secondary N) is 1. The second-order valence-electron chi connectivity index (χ2n) is 4.40. The summed E-state index contributed by atoms with van der Waals surface area (Å²) in [6.45, 7) is 3.71. The molecule has 19 heavy (non-hydrogen) atoms. The van der Waals surface area contributed by atoms with Gasteiger partial charge in [-0.25, -0.2) is 4.39 Å². The molecule has 98 valence electrons. The van der Waals surface area contributed by atoms with Gasteiger partial charge < -0.3 is 5.32 Å². The van der Waals surface area contributed by atoms with E-state index < -0.39 is 0 Å². The molecule has 0 aliphatic heterocycles. The largest absolute Gasteiger partial charge is 0.322 e. The first-order valence-electron chi connectivity index (χ1n) is 5.81. The predicted octanol–water partition coefficient (Wildman–Crippen LogP) is 4.46. The van der Waals surface area contributed by atoms with Gasteiger partial charge in [0.05, 0.1) is 4.47 Å². The highest BCUT2D eigenvalue weighted by Crippen LogP contribution is 2.24. The summed E-state index contributed by atoms with van der Waals surface area (Å²) in [4.78, 5) is 12.1. The van der Waals surface area contributed by atoms with E-state index in [1.165, 1.54) is 6.07 Å². The molecule has 2 aromatic rings. The maximum absolute atomic E-state index is 13.3. The molecule has 0 saturated carbocycles. The number of rotatable bonds is 2. The third kappa shape index (κ3) is 3.20. The van der Waals surface area contributed by atoms with Crippen LogP contribution in [0.5, 0.6) is 0 Å². The fourth-order valence-electron chi connectivity index (χ4n) is 1.68. The van der Waals surface area contributed by atoms with Crippen LogP contribution in [-0.4, -0.2) is 5.91 Å². The predicted molar refractivity (Wildman–Crippen MR) is 78.0 cm³/mol. The highest BCUT2D eigenvalue weighted by atomic mass is 79.9. The molecule has 0 aromatic heterocycles.